The highest BCUT2D eigenvalue weighted by atomic mass is 16.5. The molecular weight excluding hydrogens is 500 g/mol. The molecule has 1 aliphatic rings. The Morgan fingerprint density at radius 1 is 0.725 bits per heavy atom. The molecule has 0 heterocycles. The predicted octanol–water partition coefficient (Wildman–Crippen LogP) is 8.64. The van der Waals surface area contributed by atoms with Gasteiger partial charge in [-0.3, -0.25) is 0 Å². The van der Waals surface area contributed by atoms with E-state index in [9.17, 15) is 9.59 Å². The van der Waals surface area contributed by atoms with Gasteiger partial charge in [0, 0.05) is 12.2 Å². The summed E-state index contributed by atoms with van der Waals surface area (Å²) < 4.78 is 16.6. The van der Waals surface area contributed by atoms with Gasteiger partial charge in [0.15, 0.2) is 0 Å². The first-order chi connectivity index (χ1) is 19.6. The number of rotatable bonds is 17. The molecule has 0 N–H and O–H groups in total. The molecule has 2 aromatic rings. The number of benzene rings is 2. The average molecular weight is 549 g/mol. The minimum Gasteiger partial charge on any atom is -0.494 e. The molecule has 40 heavy (non-hydrogen) atoms. The van der Waals surface area contributed by atoms with Crippen molar-refractivity contribution in [3.05, 3.63) is 66.2 Å². The van der Waals surface area contributed by atoms with Crippen molar-refractivity contribution in [2.24, 2.45) is 5.92 Å². The van der Waals surface area contributed by atoms with Gasteiger partial charge in [-0.15, -0.1) is 0 Å². The van der Waals surface area contributed by atoms with Crippen molar-refractivity contribution in [1.29, 1.82) is 0 Å². The van der Waals surface area contributed by atoms with Crippen LogP contribution in [-0.2, 0) is 25.5 Å². The van der Waals surface area contributed by atoms with Crippen LogP contribution >= 0.6 is 0 Å². The summed E-state index contributed by atoms with van der Waals surface area (Å²) in [6, 6.07) is 17.0. The van der Waals surface area contributed by atoms with Crippen molar-refractivity contribution in [1.82, 2.24) is 0 Å². The smallest absolute Gasteiger partial charge is 0.331 e. The lowest BCUT2D eigenvalue weighted by Gasteiger charge is -2.27. The van der Waals surface area contributed by atoms with E-state index in [-0.39, 0.29) is 6.10 Å². The first kappa shape index (κ1) is 31.4. The standard InChI is InChI=1S/C35H48O5/c1-3-5-11-29-14-20-33(21-15-29)40-35(37)25-24-34(36)39-27-9-7-6-8-26-38-32-22-18-31(19-23-32)30-16-12-28(10-4-2)13-17-30/h12-13,16-19,22-25,29,33H,3-11,14-15,20-21,26-27H2,1-2H3/b25-24+. The highest BCUT2D eigenvalue weighted by molar-refractivity contribution is 5.91. The molecule has 0 spiro atoms. The summed E-state index contributed by atoms with van der Waals surface area (Å²) in [5.41, 5.74) is 3.79. The molecule has 3 rings (SSSR count). The summed E-state index contributed by atoms with van der Waals surface area (Å²) >= 11 is 0. The minimum absolute atomic E-state index is 0.0254. The largest absolute Gasteiger partial charge is 0.494 e. The summed E-state index contributed by atoms with van der Waals surface area (Å²) in [5.74, 6) is 0.698. The molecule has 5 heteroatoms. The Morgan fingerprint density at radius 3 is 2.00 bits per heavy atom. The Hall–Kier alpha value is -3.08. The number of carbonyl (C=O) groups excluding carboxylic acids is 2. The lowest BCUT2D eigenvalue weighted by molar-refractivity contribution is -0.145. The number of ether oxygens (including phenoxy) is 3. The quantitative estimate of drug-likeness (QED) is 0.112. The SMILES string of the molecule is CCCCC1CCC(OC(=O)/C=C/C(=O)OCCCCCCOc2ccc(-c3ccc(CCC)cc3)cc2)CC1. The van der Waals surface area contributed by atoms with Crippen LogP contribution in [-0.4, -0.2) is 31.3 Å². The second-order valence-corrected chi connectivity index (χ2v) is 11.0. The summed E-state index contributed by atoms with van der Waals surface area (Å²) in [6.07, 6.45) is 16.2. The summed E-state index contributed by atoms with van der Waals surface area (Å²) in [5, 5.41) is 0. The van der Waals surface area contributed by atoms with E-state index in [2.05, 4.69) is 50.2 Å². The zero-order valence-corrected chi connectivity index (χ0v) is 24.6. The van der Waals surface area contributed by atoms with Gasteiger partial charge in [-0.25, -0.2) is 9.59 Å². The fourth-order valence-corrected chi connectivity index (χ4v) is 5.24. The average Bonchev–Trinajstić information content (AvgIpc) is 2.98. The highest BCUT2D eigenvalue weighted by Crippen LogP contribution is 2.30. The number of aryl methyl sites for hydroxylation is 1. The van der Waals surface area contributed by atoms with Crippen LogP contribution < -0.4 is 4.74 Å². The maximum absolute atomic E-state index is 12.0. The van der Waals surface area contributed by atoms with Crippen molar-refractivity contribution in [2.45, 2.75) is 103 Å². The Morgan fingerprint density at radius 2 is 1.35 bits per heavy atom. The van der Waals surface area contributed by atoms with E-state index in [1.807, 2.05) is 12.1 Å². The molecule has 0 aliphatic heterocycles. The number of unbranched alkanes of at least 4 members (excludes halogenated alkanes) is 4. The predicted molar refractivity (Wildman–Crippen MR) is 161 cm³/mol. The van der Waals surface area contributed by atoms with Crippen LogP contribution in [0.2, 0.25) is 0 Å². The number of hydrogen-bond donors (Lipinski definition) is 0. The highest BCUT2D eigenvalue weighted by Gasteiger charge is 2.23. The van der Waals surface area contributed by atoms with E-state index in [1.165, 1.54) is 48.1 Å². The molecule has 0 saturated heterocycles. The molecule has 0 bridgehead atoms. The second-order valence-electron chi connectivity index (χ2n) is 11.0. The molecule has 2 aromatic carbocycles. The van der Waals surface area contributed by atoms with Crippen LogP contribution in [0.3, 0.4) is 0 Å². The third kappa shape index (κ3) is 12.0. The molecule has 5 nitrogen and oxygen atoms in total. The van der Waals surface area contributed by atoms with Crippen molar-refractivity contribution in [2.75, 3.05) is 13.2 Å². The van der Waals surface area contributed by atoms with Gasteiger partial charge >= 0.3 is 11.9 Å². The molecule has 0 unspecified atom stereocenters. The third-order valence-electron chi connectivity index (χ3n) is 7.63. The number of hydrogen-bond acceptors (Lipinski definition) is 5. The number of carbonyl (C=O) groups is 2. The van der Waals surface area contributed by atoms with Gasteiger partial charge in [0.1, 0.15) is 11.9 Å². The van der Waals surface area contributed by atoms with Crippen LogP contribution in [0, 0.1) is 5.92 Å². The zero-order chi connectivity index (χ0) is 28.4. The van der Waals surface area contributed by atoms with E-state index in [1.54, 1.807) is 0 Å². The van der Waals surface area contributed by atoms with Crippen molar-refractivity contribution >= 4 is 11.9 Å². The van der Waals surface area contributed by atoms with E-state index in [0.29, 0.717) is 13.2 Å². The maximum Gasteiger partial charge on any atom is 0.331 e. The van der Waals surface area contributed by atoms with Crippen molar-refractivity contribution in [3.63, 3.8) is 0 Å². The monoisotopic (exact) mass is 548 g/mol. The number of esters is 2. The fourth-order valence-electron chi connectivity index (χ4n) is 5.24. The molecular formula is C35H48O5. The minimum atomic E-state index is -0.496. The molecule has 1 fully saturated rings. The first-order valence-corrected chi connectivity index (χ1v) is 15.4. The van der Waals surface area contributed by atoms with Crippen LogP contribution in [0.1, 0.15) is 96.5 Å². The molecule has 0 aromatic heterocycles. The zero-order valence-electron chi connectivity index (χ0n) is 24.6. The fraction of sp³-hybridized carbons (Fsp3) is 0.543. The topological polar surface area (TPSA) is 61.8 Å². The Kier molecular flexibility index (Phi) is 14.4. The van der Waals surface area contributed by atoms with Crippen LogP contribution in [0.4, 0.5) is 0 Å². The molecule has 0 radical (unpaired) electrons. The summed E-state index contributed by atoms with van der Waals surface area (Å²) in [4.78, 5) is 23.9. The van der Waals surface area contributed by atoms with Gasteiger partial charge in [-0.2, -0.15) is 0 Å². The van der Waals surface area contributed by atoms with Crippen molar-refractivity contribution in [3.8, 4) is 16.9 Å². The maximum atomic E-state index is 12.0. The lowest BCUT2D eigenvalue weighted by atomic mass is 9.84. The molecule has 1 saturated carbocycles. The van der Waals surface area contributed by atoms with Crippen molar-refractivity contribution < 1.29 is 23.8 Å². The van der Waals surface area contributed by atoms with Gasteiger partial charge in [-0.1, -0.05) is 75.9 Å². The lowest BCUT2D eigenvalue weighted by Crippen LogP contribution is -2.24. The Bertz CT molecular complexity index is 1020. The summed E-state index contributed by atoms with van der Waals surface area (Å²) in [7, 11) is 0. The van der Waals surface area contributed by atoms with Gasteiger partial charge in [0.05, 0.1) is 13.2 Å². The Labute approximate surface area is 241 Å². The molecule has 1 aliphatic carbocycles. The van der Waals surface area contributed by atoms with Crippen LogP contribution in [0.5, 0.6) is 5.75 Å². The van der Waals surface area contributed by atoms with Gasteiger partial charge in [-0.05, 0) is 92.5 Å². The van der Waals surface area contributed by atoms with E-state index in [4.69, 9.17) is 14.2 Å². The Balaban J connectivity index is 1.19. The van der Waals surface area contributed by atoms with E-state index >= 15 is 0 Å². The molecule has 0 atom stereocenters. The van der Waals surface area contributed by atoms with Crippen LogP contribution in [0.15, 0.2) is 60.7 Å². The first-order valence-electron chi connectivity index (χ1n) is 15.4. The summed E-state index contributed by atoms with van der Waals surface area (Å²) in [6.45, 7) is 5.43. The van der Waals surface area contributed by atoms with E-state index < -0.39 is 11.9 Å². The van der Waals surface area contributed by atoms with Gasteiger partial charge in [0.25, 0.3) is 0 Å². The molecule has 218 valence electrons. The third-order valence-corrected chi connectivity index (χ3v) is 7.63. The van der Waals surface area contributed by atoms with E-state index in [0.717, 1.165) is 75.9 Å². The van der Waals surface area contributed by atoms with Gasteiger partial charge < -0.3 is 14.2 Å². The normalized spacial score (nSPS) is 17.1. The van der Waals surface area contributed by atoms with Gasteiger partial charge in [0.2, 0.25) is 0 Å². The molecule has 0 amide bonds. The second kappa shape index (κ2) is 18.3. The van der Waals surface area contributed by atoms with Crippen LogP contribution in [0.25, 0.3) is 11.1 Å².